The highest BCUT2D eigenvalue weighted by Gasteiger charge is 2.21. The number of nitrogens with zero attached hydrogens (tertiary/aromatic N) is 2. The van der Waals surface area contributed by atoms with Gasteiger partial charge in [0.25, 0.3) is 0 Å². The van der Waals surface area contributed by atoms with Crippen molar-refractivity contribution >= 4 is 14.6 Å². The Hall–Kier alpha value is -2.55. The predicted octanol–water partition coefficient (Wildman–Crippen LogP) is 5.73. The Morgan fingerprint density at radius 1 is 1.03 bits per heavy atom. The molecule has 1 aliphatic heterocycles. The first kappa shape index (κ1) is 22.1. The average molecular weight is 422 g/mol. The Labute approximate surface area is 179 Å². The van der Waals surface area contributed by atoms with E-state index in [0.29, 0.717) is 6.54 Å². The molecule has 0 unspecified atom stereocenters. The second-order valence-electron chi connectivity index (χ2n) is 7.39. The maximum absolute atomic E-state index is 13.8. The van der Waals surface area contributed by atoms with Gasteiger partial charge < -0.3 is 9.67 Å². The molecular weight excluding hydrogens is 394 g/mol. The van der Waals surface area contributed by atoms with Crippen LogP contribution in [0.15, 0.2) is 53.7 Å². The van der Waals surface area contributed by atoms with Gasteiger partial charge >= 0.3 is 0 Å². The molecule has 0 atom stereocenters. The maximum Gasteiger partial charge on any atom is 0.123 e. The molecular formula is C25H28FN2OP. The van der Waals surface area contributed by atoms with Gasteiger partial charge in [-0.2, -0.15) is 0 Å². The number of hydrogen-bond acceptors (Lipinski definition) is 2. The van der Waals surface area contributed by atoms with Crippen LogP contribution in [0.2, 0.25) is 0 Å². The summed E-state index contributed by atoms with van der Waals surface area (Å²) in [4.78, 5) is 4.98. The van der Waals surface area contributed by atoms with E-state index in [1.807, 2.05) is 13.1 Å². The molecule has 0 amide bonds. The van der Waals surface area contributed by atoms with E-state index in [9.17, 15) is 4.39 Å². The number of rotatable bonds is 2. The van der Waals surface area contributed by atoms with Crippen LogP contribution in [0.4, 0.5) is 4.39 Å². The summed E-state index contributed by atoms with van der Waals surface area (Å²) in [6, 6.07) is 13.6. The predicted molar refractivity (Wildman–Crippen MR) is 125 cm³/mol. The molecule has 2 aromatic carbocycles. The number of hydrogen-bond donors (Lipinski definition) is 1. The molecule has 1 aliphatic rings. The summed E-state index contributed by atoms with van der Waals surface area (Å²) in [5, 5.41) is 8.58. The van der Waals surface area contributed by atoms with E-state index in [2.05, 4.69) is 57.7 Å². The van der Waals surface area contributed by atoms with Crippen molar-refractivity contribution in [3.05, 3.63) is 87.4 Å². The van der Waals surface area contributed by atoms with Crippen molar-refractivity contribution in [3.8, 4) is 11.1 Å². The van der Waals surface area contributed by atoms with E-state index in [0.717, 1.165) is 33.9 Å². The molecule has 3 nitrogen and oxygen atoms in total. The fourth-order valence-electron chi connectivity index (χ4n) is 3.72. The minimum Gasteiger partial charge on any atom is -0.397 e. The van der Waals surface area contributed by atoms with Crippen LogP contribution in [0.5, 0.6) is 0 Å². The molecule has 0 fully saturated rings. The van der Waals surface area contributed by atoms with E-state index >= 15 is 0 Å². The summed E-state index contributed by atoms with van der Waals surface area (Å²) in [6.45, 7) is 6.68. The summed E-state index contributed by atoms with van der Waals surface area (Å²) in [7, 11) is 5.70. The Morgan fingerprint density at radius 2 is 1.73 bits per heavy atom. The summed E-state index contributed by atoms with van der Waals surface area (Å²) >= 11 is 0. The lowest BCUT2D eigenvalue weighted by Crippen LogP contribution is -2.08. The summed E-state index contributed by atoms with van der Waals surface area (Å²) in [5.74, 6) is -0.201. The van der Waals surface area contributed by atoms with Crippen LogP contribution < -0.4 is 0 Å². The SMILES string of the molecule is CCO.CCc1cc(F)ccc1C1=NCc2cc(=P)n(C)cc2-c2cc(C)ccc21. The van der Waals surface area contributed by atoms with Crippen LogP contribution in [-0.4, -0.2) is 22.0 Å². The van der Waals surface area contributed by atoms with Gasteiger partial charge in [0.05, 0.1) is 17.3 Å². The molecule has 30 heavy (non-hydrogen) atoms. The molecule has 2 heterocycles. The first-order valence-electron chi connectivity index (χ1n) is 10.2. The zero-order chi connectivity index (χ0) is 21.8. The molecule has 4 rings (SSSR count). The Balaban J connectivity index is 0.000000806. The monoisotopic (exact) mass is 422 g/mol. The smallest absolute Gasteiger partial charge is 0.123 e. The van der Waals surface area contributed by atoms with E-state index in [1.54, 1.807) is 13.0 Å². The van der Waals surface area contributed by atoms with Gasteiger partial charge in [-0.3, -0.25) is 4.99 Å². The zero-order valence-electron chi connectivity index (χ0n) is 18.0. The van der Waals surface area contributed by atoms with Crippen molar-refractivity contribution in [3.63, 3.8) is 0 Å². The highest BCUT2D eigenvalue weighted by atomic mass is 31.0. The molecule has 3 aromatic rings. The van der Waals surface area contributed by atoms with Gasteiger partial charge in [-0.25, -0.2) is 4.39 Å². The lowest BCUT2D eigenvalue weighted by atomic mass is 9.90. The van der Waals surface area contributed by atoms with Crippen LogP contribution >= 0.6 is 8.86 Å². The van der Waals surface area contributed by atoms with Crippen LogP contribution in [0, 0.1) is 17.8 Å². The van der Waals surface area contributed by atoms with Crippen molar-refractivity contribution < 1.29 is 9.50 Å². The molecule has 5 heteroatoms. The van der Waals surface area contributed by atoms with Gasteiger partial charge in [0.1, 0.15) is 5.82 Å². The molecule has 0 radical (unpaired) electrons. The number of aliphatic hydroxyl groups is 1. The highest BCUT2D eigenvalue weighted by Crippen LogP contribution is 2.34. The van der Waals surface area contributed by atoms with Crippen LogP contribution in [0.3, 0.4) is 0 Å². The van der Waals surface area contributed by atoms with Crippen molar-refractivity contribution in [2.75, 3.05) is 6.61 Å². The summed E-state index contributed by atoms with van der Waals surface area (Å²) < 4.78 is 15.9. The Bertz CT molecular complexity index is 1160. The van der Waals surface area contributed by atoms with Crippen molar-refractivity contribution in [2.24, 2.45) is 12.0 Å². The van der Waals surface area contributed by atoms with Crippen LogP contribution in [0.1, 0.15) is 41.7 Å². The Morgan fingerprint density at radius 3 is 2.43 bits per heavy atom. The molecule has 156 valence electrons. The number of benzene rings is 2. The van der Waals surface area contributed by atoms with Gasteiger partial charge in [-0.05, 0) is 61.2 Å². The van der Waals surface area contributed by atoms with E-state index in [1.165, 1.54) is 28.3 Å². The molecule has 0 saturated carbocycles. The fraction of sp³-hybridized carbons (Fsp3) is 0.280. The largest absolute Gasteiger partial charge is 0.397 e. The normalized spacial score (nSPS) is 12.1. The lowest BCUT2D eigenvalue weighted by molar-refractivity contribution is 0.318. The second-order valence-corrected chi connectivity index (χ2v) is 7.91. The number of aryl methyl sites for hydroxylation is 3. The molecule has 0 bridgehead atoms. The van der Waals surface area contributed by atoms with E-state index < -0.39 is 0 Å². The fourth-order valence-corrected chi connectivity index (χ4v) is 3.96. The van der Waals surface area contributed by atoms with Gasteiger partial charge in [0, 0.05) is 36.5 Å². The van der Waals surface area contributed by atoms with Crippen LogP contribution in [-0.2, 0) is 20.0 Å². The third-order valence-electron chi connectivity index (χ3n) is 5.19. The van der Waals surface area contributed by atoms with Crippen molar-refractivity contribution in [1.29, 1.82) is 0 Å². The minimum absolute atomic E-state index is 0.201. The zero-order valence-corrected chi connectivity index (χ0v) is 19.0. The highest BCUT2D eigenvalue weighted by molar-refractivity contribution is 7.06. The topological polar surface area (TPSA) is 37.5 Å². The number of aromatic nitrogens is 1. The number of halogens is 1. The standard InChI is InChI=1S/C23H22FN2P.C2H6O/c1-4-15-10-17(24)6-8-18(15)23-19-7-5-14(2)9-20(19)21-13-26(3)22(27)11-16(21)12-25-23;1-2-3/h5-11,13,27H,4,12H2,1-3H3;3H,2H2,1H3. The lowest BCUT2D eigenvalue weighted by Gasteiger charge is -2.15. The average Bonchev–Trinajstić information content (AvgIpc) is 2.86. The van der Waals surface area contributed by atoms with Gasteiger partial charge in [0.15, 0.2) is 0 Å². The molecule has 0 spiro atoms. The van der Waals surface area contributed by atoms with Gasteiger partial charge in [-0.15, -0.1) is 0 Å². The third-order valence-corrected chi connectivity index (χ3v) is 5.69. The van der Waals surface area contributed by atoms with Gasteiger partial charge in [-0.1, -0.05) is 39.5 Å². The Kier molecular flexibility index (Phi) is 7.02. The molecule has 0 saturated heterocycles. The first-order valence-corrected chi connectivity index (χ1v) is 10.7. The van der Waals surface area contributed by atoms with Crippen molar-refractivity contribution in [2.45, 2.75) is 33.7 Å². The number of fused-ring (bicyclic) bond motifs is 3. The number of aliphatic imine (C=N–C) groups is 1. The number of pyridine rings is 1. The summed E-state index contributed by atoms with van der Waals surface area (Å²) in [6.07, 6.45) is 2.92. The molecule has 1 N–H and O–H groups in total. The second kappa shape index (κ2) is 9.51. The van der Waals surface area contributed by atoms with Gasteiger partial charge in [0.2, 0.25) is 0 Å². The summed E-state index contributed by atoms with van der Waals surface area (Å²) in [5.41, 5.74) is 8.80. The third kappa shape index (κ3) is 4.45. The molecule has 1 aromatic heterocycles. The quantitative estimate of drug-likeness (QED) is 0.527. The number of aliphatic hydroxyl groups excluding tert-OH is 1. The minimum atomic E-state index is -0.201. The van der Waals surface area contributed by atoms with E-state index in [4.69, 9.17) is 10.1 Å². The maximum atomic E-state index is 13.8. The van der Waals surface area contributed by atoms with E-state index in [-0.39, 0.29) is 12.4 Å². The molecule has 0 aliphatic carbocycles. The first-order chi connectivity index (χ1) is 14.4. The van der Waals surface area contributed by atoms with Crippen molar-refractivity contribution in [1.82, 2.24) is 4.57 Å². The van der Waals surface area contributed by atoms with Crippen LogP contribution in [0.25, 0.3) is 11.1 Å².